The van der Waals surface area contributed by atoms with Gasteiger partial charge < -0.3 is 20.1 Å². The number of ether oxygens (including phenoxy) is 1. The highest BCUT2D eigenvalue weighted by Gasteiger charge is 2.23. The van der Waals surface area contributed by atoms with Crippen molar-refractivity contribution in [1.82, 2.24) is 10.2 Å². The van der Waals surface area contributed by atoms with Crippen LogP contribution < -0.4 is 10.1 Å². The Balaban J connectivity index is 1.30. The number of benzene rings is 1. The molecule has 30 heavy (non-hydrogen) atoms. The molecule has 1 aromatic carbocycles. The lowest BCUT2D eigenvalue weighted by atomic mass is 9.83. The zero-order valence-corrected chi connectivity index (χ0v) is 19.8. The molecule has 6 heteroatoms. The van der Waals surface area contributed by atoms with Crippen molar-refractivity contribution in [3.05, 3.63) is 28.2 Å². The topological polar surface area (TPSA) is 61.8 Å². The Morgan fingerprint density at radius 1 is 1.17 bits per heavy atom. The first-order valence-corrected chi connectivity index (χ1v) is 12.3. The standard InChI is InChI=1S/C24H37BrN2O3/c1-30-22-8-9-23(25)20(16-22)15-19-10-13-27(14-11-19)12-2-3-18-4-6-21(7-5-18)26-24(29)17-28/h8-9,16,18-19,21,28H,2-7,10-15,17H2,1H3,(H,26,29). The number of hydrogen-bond donors (Lipinski definition) is 2. The molecule has 0 radical (unpaired) electrons. The van der Waals surface area contributed by atoms with Gasteiger partial charge in [-0.1, -0.05) is 15.9 Å². The normalized spacial score (nSPS) is 23.3. The molecule has 1 saturated carbocycles. The van der Waals surface area contributed by atoms with Crippen LogP contribution in [0, 0.1) is 11.8 Å². The van der Waals surface area contributed by atoms with Crippen LogP contribution in [0.2, 0.25) is 0 Å². The smallest absolute Gasteiger partial charge is 0.245 e. The summed E-state index contributed by atoms with van der Waals surface area (Å²) in [5, 5.41) is 11.8. The van der Waals surface area contributed by atoms with Gasteiger partial charge in [-0.15, -0.1) is 0 Å². The summed E-state index contributed by atoms with van der Waals surface area (Å²) in [4.78, 5) is 13.9. The lowest BCUT2D eigenvalue weighted by Gasteiger charge is -2.33. The van der Waals surface area contributed by atoms with Gasteiger partial charge in [0.2, 0.25) is 5.91 Å². The Bertz CT molecular complexity index is 668. The highest BCUT2D eigenvalue weighted by molar-refractivity contribution is 9.10. The third-order valence-corrected chi connectivity index (χ3v) is 7.68. The highest BCUT2D eigenvalue weighted by Crippen LogP contribution is 2.30. The van der Waals surface area contributed by atoms with Gasteiger partial charge in [0.25, 0.3) is 0 Å². The summed E-state index contributed by atoms with van der Waals surface area (Å²) >= 11 is 3.69. The summed E-state index contributed by atoms with van der Waals surface area (Å²) < 4.78 is 6.57. The molecular weight excluding hydrogens is 444 g/mol. The maximum Gasteiger partial charge on any atom is 0.245 e. The Morgan fingerprint density at radius 2 is 1.90 bits per heavy atom. The van der Waals surface area contributed by atoms with Crippen LogP contribution in [0.5, 0.6) is 5.75 Å². The van der Waals surface area contributed by atoms with Gasteiger partial charge in [0.05, 0.1) is 7.11 Å². The third kappa shape index (κ3) is 7.24. The first-order chi connectivity index (χ1) is 14.6. The fraction of sp³-hybridized carbons (Fsp3) is 0.708. The van der Waals surface area contributed by atoms with Gasteiger partial charge in [0.1, 0.15) is 12.4 Å². The minimum absolute atomic E-state index is 0.236. The lowest BCUT2D eigenvalue weighted by Crippen LogP contribution is -2.39. The molecule has 1 aromatic rings. The van der Waals surface area contributed by atoms with Crippen LogP contribution in [0.4, 0.5) is 0 Å². The maximum atomic E-state index is 11.3. The number of methoxy groups -OCH3 is 1. The van der Waals surface area contributed by atoms with E-state index in [1.807, 2.05) is 6.07 Å². The molecule has 1 aliphatic carbocycles. The molecule has 168 valence electrons. The predicted octanol–water partition coefficient (Wildman–Crippen LogP) is 4.16. The van der Waals surface area contributed by atoms with Gasteiger partial charge in [0, 0.05) is 10.5 Å². The van der Waals surface area contributed by atoms with Crippen LogP contribution in [-0.4, -0.2) is 55.3 Å². The van der Waals surface area contributed by atoms with Crippen LogP contribution >= 0.6 is 15.9 Å². The zero-order valence-electron chi connectivity index (χ0n) is 18.2. The minimum Gasteiger partial charge on any atom is -0.497 e. The molecule has 1 amide bonds. The van der Waals surface area contributed by atoms with Gasteiger partial charge in [-0.3, -0.25) is 4.79 Å². The summed E-state index contributed by atoms with van der Waals surface area (Å²) in [5.74, 6) is 2.26. The first kappa shape index (κ1) is 23.6. The van der Waals surface area contributed by atoms with Gasteiger partial charge in [-0.25, -0.2) is 0 Å². The summed E-state index contributed by atoms with van der Waals surface area (Å²) in [5.41, 5.74) is 1.36. The van der Waals surface area contributed by atoms with Crippen molar-refractivity contribution in [1.29, 1.82) is 0 Å². The Labute approximate surface area is 189 Å². The monoisotopic (exact) mass is 480 g/mol. The van der Waals surface area contributed by atoms with Gasteiger partial charge >= 0.3 is 0 Å². The fourth-order valence-electron chi connectivity index (χ4n) is 5.03. The molecule has 2 aliphatic rings. The number of amides is 1. The van der Waals surface area contributed by atoms with Gasteiger partial charge in [-0.05, 0) is 113 Å². The lowest BCUT2D eigenvalue weighted by molar-refractivity contribution is -0.124. The van der Waals surface area contributed by atoms with Crippen LogP contribution in [0.3, 0.4) is 0 Å². The quantitative estimate of drug-likeness (QED) is 0.556. The van der Waals surface area contributed by atoms with Crippen molar-refractivity contribution in [2.24, 2.45) is 11.8 Å². The largest absolute Gasteiger partial charge is 0.497 e. The Kier molecular flexibility index (Phi) is 9.47. The van der Waals surface area contributed by atoms with Crippen LogP contribution in [0.25, 0.3) is 0 Å². The average Bonchev–Trinajstić information content (AvgIpc) is 2.77. The number of aliphatic hydroxyl groups is 1. The maximum absolute atomic E-state index is 11.3. The van der Waals surface area contributed by atoms with E-state index in [1.165, 1.54) is 68.2 Å². The molecule has 0 atom stereocenters. The molecule has 1 heterocycles. The Morgan fingerprint density at radius 3 is 2.57 bits per heavy atom. The second kappa shape index (κ2) is 12.1. The van der Waals surface area contributed by atoms with Crippen molar-refractivity contribution in [2.75, 3.05) is 33.4 Å². The van der Waals surface area contributed by atoms with Crippen LogP contribution in [0.15, 0.2) is 22.7 Å². The molecule has 0 spiro atoms. The van der Waals surface area contributed by atoms with Crippen molar-refractivity contribution in [3.63, 3.8) is 0 Å². The molecule has 0 aromatic heterocycles. The average molecular weight is 481 g/mol. The van der Waals surface area contributed by atoms with E-state index in [0.717, 1.165) is 36.8 Å². The van der Waals surface area contributed by atoms with Gasteiger partial charge in [-0.2, -0.15) is 0 Å². The number of carbonyl (C=O) groups is 1. The number of piperidine rings is 1. The van der Waals surface area contributed by atoms with E-state index in [1.54, 1.807) is 7.11 Å². The van der Waals surface area contributed by atoms with Crippen LogP contribution in [-0.2, 0) is 11.2 Å². The molecule has 0 unspecified atom stereocenters. The third-order valence-electron chi connectivity index (χ3n) is 6.91. The van der Waals surface area contributed by atoms with E-state index in [9.17, 15) is 4.79 Å². The number of halogens is 1. The number of aliphatic hydroxyl groups excluding tert-OH is 1. The van der Waals surface area contributed by atoms with Gasteiger partial charge in [0.15, 0.2) is 0 Å². The molecule has 3 rings (SSSR count). The summed E-state index contributed by atoms with van der Waals surface area (Å²) in [6, 6.07) is 6.54. The van der Waals surface area contributed by atoms with Crippen molar-refractivity contribution < 1.29 is 14.6 Å². The molecule has 2 N–H and O–H groups in total. The number of rotatable bonds is 9. The van der Waals surface area contributed by atoms with Crippen molar-refractivity contribution >= 4 is 21.8 Å². The van der Waals surface area contributed by atoms with E-state index in [0.29, 0.717) is 0 Å². The fourth-order valence-corrected chi connectivity index (χ4v) is 5.44. The Hall–Kier alpha value is -1.11. The van der Waals surface area contributed by atoms with E-state index in [2.05, 4.69) is 38.3 Å². The number of nitrogens with zero attached hydrogens (tertiary/aromatic N) is 1. The molecule has 5 nitrogen and oxygen atoms in total. The second-order valence-corrected chi connectivity index (χ2v) is 9.89. The summed E-state index contributed by atoms with van der Waals surface area (Å²) in [7, 11) is 1.73. The summed E-state index contributed by atoms with van der Waals surface area (Å²) in [6.45, 7) is 3.25. The summed E-state index contributed by atoms with van der Waals surface area (Å²) in [6.07, 6.45) is 10.8. The predicted molar refractivity (Wildman–Crippen MR) is 124 cm³/mol. The van der Waals surface area contributed by atoms with Crippen molar-refractivity contribution in [3.8, 4) is 5.75 Å². The van der Waals surface area contributed by atoms with E-state index >= 15 is 0 Å². The zero-order chi connectivity index (χ0) is 21.3. The van der Waals surface area contributed by atoms with Crippen LogP contribution in [0.1, 0.15) is 56.9 Å². The molecule has 1 saturated heterocycles. The molecular formula is C24H37BrN2O3. The highest BCUT2D eigenvalue weighted by atomic mass is 79.9. The molecule has 0 bridgehead atoms. The molecule has 1 aliphatic heterocycles. The number of nitrogens with one attached hydrogen (secondary N) is 1. The van der Waals surface area contributed by atoms with E-state index in [-0.39, 0.29) is 11.9 Å². The van der Waals surface area contributed by atoms with Crippen molar-refractivity contribution in [2.45, 2.75) is 63.8 Å². The molecule has 2 fully saturated rings. The first-order valence-electron chi connectivity index (χ1n) is 11.5. The number of carbonyl (C=O) groups excluding carboxylic acids is 1. The number of hydrogen-bond acceptors (Lipinski definition) is 4. The SMILES string of the molecule is COc1ccc(Br)c(CC2CCN(CCCC3CCC(NC(=O)CO)CC3)CC2)c1. The van der Waals surface area contributed by atoms with E-state index in [4.69, 9.17) is 9.84 Å². The second-order valence-electron chi connectivity index (χ2n) is 9.03. The number of likely N-dealkylation sites (tertiary alicyclic amines) is 1. The minimum atomic E-state index is -0.395. The van der Waals surface area contributed by atoms with E-state index < -0.39 is 6.61 Å².